The van der Waals surface area contributed by atoms with Crippen LogP contribution in [0.25, 0.3) is 0 Å². The Morgan fingerprint density at radius 1 is 1.33 bits per heavy atom. The number of nitrogens with one attached hydrogen (secondary N) is 1. The van der Waals surface area contributed by atoms with Gasteiger partial charge in [-0.15, -0.1) is 0 Å². The smallest absolute Gasteiger partial charge is 0.337 e. The number of piperidine rings is 1. The van der Waals surface area contributed by atoms with E-state index in [1.165, 1.54) is 22.8 Å². The second kappa shape index (κ2) is 5.98. The van der Waals surface area contributed by atoms with Crippen molar-refractivity contribution >= 4 is 21.9 Å². The van der Waals surface area contributed by atoms with E-state index in [-0.39, 0.29) is 11.3 Å². The largest absolute Gasteiger partial charge is 0.478 e. The summed E-state index contributed by atoms with van der Waals surface area (Å²) in [6.07, 6.45) is 3.47. The molecule has 0 spiro atoms. The van der Waals surface area contributed by atoms with Gasteiger partial charge in [0, 0.05) is 19.3 Å². The number of aromatic nitrogens is 1. The summed E-state index contributed by atoms with van der Waals surface area (Å²) >= 11 is 0. The van der Waals surface area contributed by atoms with E-state index in [0.29, 0.717) is 24.9 Å². The summed E-state index contributed by atoms with van der Waals surface area (Å²) in [6.45, 7) is 4.97. The van der Waals surface area contributed by atoms with Gasteiger partial charge in [-0.3, -0.25) is 9.71 Å². The number of hydrogen-bond donors (Lipinski definition) is 2. The Bertz CT molecular complexity index is 622. The lowest BCUT2D eigenvalue weighted by Crippen LogP contribution is -2.45. The Hall–Kier alpha value is -1.67. The molecule has 1 fully saturated rings. The van der Waals surface area contributed by atoms with Gasteiger partial charge in [-0.25, -0.2) is 4.79 Å². The van der Waals surface area contributed by atoms with Gasteiger partial charge in [0.05, 0.1) is 17.4 Å². The number of carbonyl (C=O) groups is 1. The molecule has 1 aliphatic rings. The molecule has 0 radical (unpaired) electrons. The second-order valence-electron chi connectivity index (χ2n) is 5.64. The quantitative estimate of drug-likeness (QED) is 0.875. The van der Waals surface area contributed by atoms with Crippen LogP contribution in [0.15, 0.2) is 18.5 Å². The Morgan fingerprint density at radius 3 is 2.52 bits per heavy atom. The van der Waals surface area contributed by atoms with Crippen LogP contribution in [-0.2, 0) is 10.2 Å². The Morgan fingerprint density at radius 2 is 1.95 bits per heavy atom. The number of hydrogen-bond acceptors (Lipinski definition) is 4. The maximum atomic E-state index is 12.4. The summed E-state index contributed by atoms with van der Waals surface area (Å²) in [4.78, 5) is 14.6. The number of pyridine rings is 1. The van der Waals surface area contributed by atoms with Crippen molar-refractivity contribution in [1.29, 1.82) is 0 Å². The molecule has 2 rings (SSSR count). The van der Waals surface area contributed by atoms with E-state index in [9.17, 15) is 13.2 Å². The maximum Gasteiger partial charge on any atom is 0.337 e. The first-order chi connectivity index (χ1) is 9.78. The third kappa shape index (κ3) is 3.92. The first-order valence-electron chi connectivity index (χ1n) is 6.74. The molecule has 1 aromatic rings. The van der Waals surface area contributed by atoms with Crippen molar-refractivity contribution in [3.8, 4) is 0 Å². The van der Waals surface area contributed by atoms with Gasteiger partial charge in [-0.2, -0.15) is 12.7 Å². The Kier molecular flexibility index (Phi) is 4.48. The molecular formula is C13H19N3O4S. The highest BCUT2D eigenvalue weighted by Crippen LogP contribution is 2.24. The lowest BCUT2D eigenvalue weighted by atomic mass is 9.94. The number of carboxylic acid groups (broad SMARTS) is 1. The van der Waals surface area contributed by atoms with Crippen LogP contribution in [0.2, 0.25) is 0 Å². The van der Waals surface area contributed by atoms with Crippen molar-refractivity contribution in [1.82, 2.24) is 9.29 Å². The third-order valence-electron chi connectivity index (χ3n) is 3.41. The highest BCUT2D eigenvalue weighted by molar-refractivity contribution is 7.90. The lowest BCUT2D eigenvalue weighted by Gasteiger charge is -2.34. The van der Waals surface area contributed by atoms with Gasteiger partial charge >= 0.3 is 16.2 Å². The van der Waals surface area contributed by atoms with Crippen molar-refractivity contribution < 1.29 is 18.3 Å². The highest BCUT2D eigenvalue weighted by Gasteiger charge is 2.30. The monoisotopic (exact) mass is 313 g/mol. The molecule has 0 aromatic carbocycles. The number of anilines is 1. The molecule has 1 aromatic heterocycles. The Labute approximate surface area is 124 Å². The van der Waals surface area contributed by atoms with Crippen LogP contribution < -0.4 is 4.72 Å². The zero-order valence-electron chi connectivity index (χ0n) is 12.0. The fourth-order valence-corrected chi connectivity index (χ4v) is 4.07. The van der Waals surface area contributed by atoms with Gasteiger partial charge < -0.3 is 5.11 Å². The summed E-state index contributed by atoms with van der Waals surface area (Å²) in [7, 11) is -3.69. The topological polar surface area (TPSA) is 99.6 Å². The molecule has 116 valence electrons. The van der Waals surface area contributed by atoms with Gasteiger partial charge in [-0.1, -0.05) is 13.8 Å². The molecule has 2 N–H and O–H groups in total. The van der Waals surface area contributed by atoms with Crippen LogP contribution in [0.3, 0.4) is 0 Å². The summed E-state index contributed by atoms with van der Waals surface area (Å²) in [5.74, 6) is -0.550. The van der Waals surface area contributed by atoms with E-state index in [1.54, 1.807) is 0 Å². The summed E-state index contributed by atoms with van der Waals surface area (Å²) in [5.41, 5.74) is 0.0939. The molecule has 2 unspecified atom stereocenters. The van der Waals surface area contributed by atoms with Crippen LogP contribution in [0.4, 0.5) is 5.69 Å². The van der Waals surface area contributed by atoms with Gasteiger partial charge in [-0.05, 0) is 24.3 Å². The zero-order valence-corrected chi connectivity index (χ0v) is 12.8. The summed E-state index contributed by atoms with van der Waals surface area (Å²) in [5, 5.41) is 8.90. The molecule has 0 aliphatic carbocycles. The minimum absolute atomic E-state index is 0.0596. The van der Waals surface area contributed by atoms with Gasteiger partial charge in [0.15, 0.2) is 0 Å². The fourth-order valence-electron chi connectivity index (χ4n) is 2.63. The van der Waals surface area contributed by atoms with E-state index >= 15 is 0 Å². The third-order valence-corrected chi connectivity index (χ3v) is 4.88. The maximum absolute atomic E-state index is 12.4. The summed E-state index contributed by atoms with van der Waals surface area (Å²) in [6, 6.07) is 1.25. The molecule has 2 heterocycles. The minimum Gasteiger partial charge on any atom is -0.478 e. The van der Waals surface area contributed by atoms with Gasteiger partial charge in [0.2, 0.25) is 0 Å². The lowest BCUT2D eigenvalue weighted by molar-refractivity contribution is 0.0696. The SMILES string of the molecule is CC1CC(C)CN(S(=O)(=O)Nc2cncc(C(=O)O)c2)C1. The van der Waals surface area contributed by atoms with Crippen molar-refractivity contribution in [2.45, 2.75) is 20.3 Å². The van der Waals surface area contributed by atoms with E-state index in [1.807, 2.05) is 13.8 Å². The number of rotatable bonds is 4. The Balaban J connectivity index is 2.17. The number of nitrogens with zero attached hydrogens (tertiary/aromatic N) is 2. The van der Waals surface area contributed by atoms with E-state index in [4.69, 9.17) is 5.11 Å². The first-order valence-corrected chi connectivity index (χ1v) is 8.18. The van der Waals surface area contributed by atoms with Crippen molar-refractivity contribution in [2.24, 2.45) is 11.8 Å². The molecule has 1 aliphatic heterocycles. The van der Waals surface area contributed by atoms with Crippen LogP contribution in [-0.4, -0.2) is 41.9 Å². The standard InChI is InChI=1S/C13H19N3O4S/c1-9-3-10(2)8-16(7-9)21(19,20)15-12-4-11(13(17)18)5-14-6-12/h4-6,9-10,15H,3,7-8H2,1-2H3,(H,17,18). The molecular weight excluding hydrogens is 294 g/mol. The first kappa shape index (κ1) is 15.7. The molecule has 2 atom stereocenters. The molecule has 0 bridgehead atoms. The second-order valence-corrected chi connectivity index (χ2v) is 7.31. The average Bonchev–Trinajstić information content (AvgIpc) is 2.37. The zero-order chi connectivity index (χ0) is 15.6. The van der Waals surface area contributed by atoms with Crippen LogP contribution in [0.1, 0.15) is 30.6 Å². The van der Waals surface area contributed by atoms with Crippen molar-refractivity contribution in [3.05, 3.63) is 24.0 Å². The van der Waals surface area contributed by atoms with E-state index in [2.05, 4.69) is 9.71 Å². The molecule has 7 nitrogen and oxygen atoms in total. The molecule has 21 heavy (non-hydrogen) atoms. The molecule has 8 heteroatoms. The van der Waals surface area contributed by atoms with Gasteiger partial charge in [0.25, 0.3) is 0 Å². The van der Waals surface area contributed by atoms with Crippen LogP contribution >= 0.6 is 0 Å². The highest BCUT2D eigenvalue weighted by atomic mass is 32.2. The molecule has 0 saturated carbocycles. The summed E-state index contributed by atoms with van der Waals surface area (Å²) < 4.78 is 28.5. The van der Waals surface area contributed by atoms with Crippen LogP contribution in [0, 0.1) is 11.8 Å². The van der Waals surface area contributed by atoms with Crippen molar-refractivity contribution in [2.75, 3.05) is 17.8 Å². The van der Waals surface area contributed by atoms with E-state index in [0.717, 1.165) is 6.42 Å². The average molecular weight is 313 g/mol. The van der Waals surface area contributed by atoms with Crippen molar-refractivity contribution in [3.63, 3.8) is 0 Å². The minimum atomic E-state index is -3.69. The number of aromatic carboxylic acids is 1. The van der Waals surface area contributed by atoms with Gasteiger partial charge in [0.1, 0.15) is 0 Å². The predicted octanol–water partition coefficient (Wildman–Crippen LogP) is 1.41. The van der Waals surface area contributed by atoms with Crippen LogP contribution in [0.5, 0.6) is 0 Å². The number of carboxylic acids is 1. The molecule has 0 amide bonds. The normalized spacial score (nSPS) is 23.7. The molecule has 1 saturated heterocycles. The fraction of sp³-hybridized carbons (Fsp3) is 0.538. The predicted molar refractivity (Wildman–Crippen MR) is 78.3 cm³/mol. The van der Waals surface area contributed by atoms with E-state index < -0.39 is 16.2 Å².